The van der Waals surface area contributed by atoms with Gasteiger partial charge in [-0.05, 0) is 30.9 Å². The number of nitrogens with zero attached hydrogens (tertiary/aromatic N) is 2. The molecule has 1 atom stereocenters. The largest absolute Gasteiger partial charge is 0.481 e. The van der Waals surface area contributed by atoms with Crippen molar-refractivity contribution in [2.45, 2.75) is 26.2 Å². The lowest BCUT2D eigenvalue weighted by Crippen LogP contribution is -2.10. The van der Waals surface area contributed by atoms with Crippen LogP contribution in [0.25, 0.3) is 0 Å². The molecule has 0 spiro atoms. The number of benzene rings is 1. The number of para-hydroxylation sites is 1. The fraction of sp³-hybridized carbons (Fsp3) is 0.429. The quantitative estimate of drug-likeness (QED) is 0.562. The maximum atomic E-state index is 11.0. The Bertz CT molecular complexity index is 566. The molecule has 7 nitrogen and oxygen atoms in total. The highest BCUT2D eigenvalue weighted by Crippen LogP contribution is 2.28. The van der Waals surface area contributed by atoms with E-state index >= 15 is 0 Å². The molecule has 0 heterocycles. The average molecular weight is 291 g/mol. The molecule has 0 saturated carbocycles. The summed E-state index contributed by atoms with van der Waals surface area (Å²) in [7, 11) is 0. The third-order valence-electron chi connectivity index (χ3n) is 3.14. The van der Waals surface area contributed by atoms with Crippen LogP contribution in [0.5, 0.6) is 0 Å². The van der Waals surface area contributed by atoms with Gasteiger partial charge in [-0.1, -0.05) is 13.0 Å². The van der Waals surface area contributed by atoms with Gasteiger partial charge in [-0.25, -0.2) is 0 Å². The molecule has 1 aromatic carbocycles. The fourth-order valence-electron chi connectivity index (χ4n) is 1.94. The van der Waals surface area contributed by atoms with Gasteiger partial charge in [0.25, 0.3) is 0 Å². The topological polar surface area (TPSA) is 116 Å². The van der Waals surface area contributed by atoms with Gasteiger partial charge in [-0.3, -0.25) is 14.9 Å². The smallest absolute Gasteiger partial charge is 0.309 e. The van der Waals surface area contributed by atoms with E-state index in [4.69, 9.17) is 10.4 Å². The second kappa shape index (κ2) is 7.85. The monoisotopic (exact) mass is 291 g/mol. The van der Waals surface area contributed by atoms with Crippen LogP contribution in [0.1, 0.15) is 31.7 Å². The molecule has 0 aliphatic heterocycles. The number of rotatable bonds is 8. The highest BCUT2D eigenvalue weighted by Gasteiger charge is 2.19. The Morgan fingerprint density at radius 2 is 2.24 bits per heavy atom. The predicted octanol–water partition coefficient (Wildman–Crippen LogP) is 2.77. The van der Waals surface area contributed by atoms with E-state index in [1.807, 2.05) is 6.92 Å². The summed E-state index contributed by atoms with van der Waals surface area (Å²) in [5, 5.41) is 31.5. The molecule has 0 amide bonds. The van der Waals surface area contributed by atoms with Gasteiger partial charge in [0.1, 0.15) is 17.3 Å². The van der Waals surface area contributed by atoms with Gasteiger partial charge in [0.2, 0.25) is 0 Å². The van der Waals surface area contributed by atoms with Crippen LogP contribution < -0.4 is 5.32 Å². The molecule has 2 N–H and O–H groups in total. The zero-order valence-corrected chi connectivity index (χ0v) is 11.7. The molecule has 0 fully saturated rings. The minimum Gasteiger partial charge on any atom is -0.481 e. The normalized spacial score (nSPS) is 11.4. The maximum Gasteiger partial charge on any atom is 0.309 e. The Morgan fingerprint density at radius 3 is 2.81 bits per heavy atom. The molecule has 0 bridgehead atoms. The molecule has 112 valence electrons. The molecule has 0 aliphatic rings. The number of nitrogens with one attached hydrogen (secondary N) is 1. The Kier molecular flexibility index (Phi) is 6.14. The van der Waals surface area contributed by atoms with Gasteiger partial charge in [-0.2, -0.15) is 5.26 Å². The minimum absolute atomic E-state index is 0.0175. The van der Waals surface area contributed by atoms with Crippen LogP contribution >= 0.6 is 0 Å². The molecule has 0 aliphatic carbocycles. The molecule has 7 heteroatoms. The Balaban J connectivity index is 2.62. The van der Waals surface area contributed by atoms with Crippen LogP contribution in [-0.2, 0) is 4.79 Å². The van der Waals surface area contributed by atoms with Gasteiger partial charge in [-0.15, -0.1) is 0 Å². The molecular formula is C14H17N3O4. The highest BCUT2D eigenvalue weighted by atomic mass is 16.6. The van der Waals surface area contributed by atoms with Crippen molar-refractivity contribution in [1.82, 2.24) is 0 Å². The first-order valence-corrected chi connectivity index (χ1v) is 6.59. The van der Waals surface area contributed by atoms with Crippen molar-refractivity contribution in [2.75, 3.05) is 11.9 Å². The van der Waals surface area contributed by atoms with E-state index in [2.05, 4.69) is 5.32 Å². The van der Waals surface area contributed by atoms with Gasteiger partial charge < -0.3 is 10.4 Å². The first-order chi connectivity index (χ1) is 9.95. The second-order valence-corrected chi connectivity index (χ2v) is 4.82. The van der Waals surface area contributed by atoms with E-state index in [1.165, 1.54) is 6.07 Å². The van der Waals surface area contributed by atoms with Crippen molar-refractivity contribution in [3.05, 3.63) is 33.9 Å². The average Bonchev–Trinajstić information content (AvgIpc) is 2.44. The number of carboxylic acids is 1. The van der Waals surface area contributed by atoms with Crippen LogP contribution in [0.4, 0.5) is 11.4 Å². The second-order valence-electron chi connectivity index (χ2n) is 4.82. The van der Waals surface area contributed by atoms with E-state index in [1.54, 1.807) is 18.2 Å². The number of anilines is 1. The summed E-state index contributed by atoms with van der Waals surface area (Å²) in [5.41, 5.74) is 0.103. The summed E-state index contributed by atoms with van der Waals surface area (Å²) < 4.78 is 0. The molecular weight excluding hydrogens is 274 g/mol. The zero-order chi connectivity index (χ0) is 15.8. The molecule has 1 unspecified atom stereocenters. The van der Waals surface area contributed by atoms with Crippen molar-refractivity contribution in [3.63, 3.8) is 0 Å². The van der Waals surface area contributed by atoms with Crippen LogP contribution in [0.2, 0.25) is 0 Å². The summed E-state index contributed by atoms with van der Waals surface area (Å²) in [6, 6.07) is 6.35. The van der Waals surface area contributed by atoms with Crippen molar-refractivity contribution in [2.24, 2.45) is 5.92 Å². The van der Waals surface area contributed by atoms with Gasteiger partial charge in [0, 0.05) is 13.0 Å². The maximum absolute atomic E-state index is 11.0. The van der Waals surface area contributed by atoms with Gasteiger partial charge >= 0.3 is 11.7 Å². The number of carboxylic acid groups (broad SMARTS) is 1. The van der Waals surface area contributed by atoms with E-state index in [0.717, 1.165) is 0 Å². The molecule has 0 saturated heterocycles. The standard InChI is InChI=1S/C14H17N3O4/c1-10(5-6-13(18)19)7-8-16-12-4-2-3-11(9-15)14(12)17(20)21/h2-4,10,16H,5-8H2,1H3,(H,18,19). The fourth-order valence-corrected chi connectivity index (χ4v) is 1.94. The highest BCUT2D eigenvalue weighted by molar-refractivity contribution is 5.68. The lowest BCUT2D eigenvalue weighted by molar-refractivity contribution is -0.384. The summed E-state index contributed by atoms with van der Waals surface area (Å²) in [5.74, 6) is -0.626. The first-order valence-electron chi connectivity index (χ1n) is 6.59. The van der Waals surface area contributed by atoms with E-state index < -0.39 is 10.9 Å². The Hall–Kier alpha value is -2.62. The number of nitriles is 1. The molecule has 1 aromatic rings. The van der Waals surface area contributed by atoms with E-state index in [0.29, 0.717) is 25.1 Å². The van der Waals surface area contributed by atoms with Gasteiger partial charge in [0.15, 0.2) is 0 Å². The van der Waals surface area contributed by atoms with Crippen molar-refractivity contribution in [3.8, 4) is 6.07 Å². The number of hydrogen-bond acceptors (Lipinski definition) is 5. The van der Waals surface area contributed by atoms with E-state index in [-0.39, 0.29) is 23.6 Å². The third kappa shape index (κ3) is 5.10. The van der Waals surface area contributed by atoms with Crippen molar-refractivity contribution < 1.29 is 14.8 Å². The van der Waals surface area contributed by atoms with Crippen LogP contribution in [0.15, 0.2) is 18.2 Å². The number of carbonyl (C=O) groups is 1. The van der Waals surface area contributed by atoms with Crippen LogP contribution in [-0.4, -0.2) is 22.5 Å². The first kappa shape index (κ1) is 16.4. The SMILES string of the molecule is CC(CCNc1cccc(C#N)c1[N+](=O)[O-])CCC(=O)O. The number of aliphatic carboxylic acids is 1. The summed E-state index contributed by atoms with van der Waals surface area (Å²) in [4.78, 5) is 20.9. The number of hydrogen-bond donors (Lipinski definition) is 2. The van der Waals surface area contributed by atoms with Crippen molar-refractivity contribution >= 4 is 17.3 Å². The number of nitro groups is 1. The summed E-state index contributed by atoms with van der Waals surface area (Å²) in [6.07, 6.45) is 1.38. The molecule has 0 radical (unpaired) electrons. The Labute approximate surface area is 122 Å². The zero-order valence-electron chi connectivity index (χ0n) is 11.7. The van der Waals surface area contributed by atoms with Crippen molar-refractivity contribution in [1.29, 1.82) is 5.26 Å². The Morgan fingerprint density at radius 1 is 1.52 bits per heavy atom. The lowest BCUT2D eigenvalue weighted by Gasteiger charge is -2.12. The minimum atomic E-state index is -0.827. The third-order valence-corrected chi connectivity index (χ3v) is 3.14. The molecule has 21 heavy (non-hydrogen) atoms. The van der Waals surface area contributed by atoms with E-state index in [9.17, 15) is 14.9 Å². The summed E-state index contributed by atoms with van der Waals surface area (Å²) in [6.45, 7) is 2.42. The lowest BCUT2D eigenvalue weighted by atomic mass is 10.0. The number of nitro benzene ring substituents is 1. The van der Waals surface area contributed by atoms with Crippen LogP contribution in [0.3, 0.4) is 0 Å². The molecule has 0 aromatic heterocycles. The molecule has 1 rings (SSSR count). The predicted molar refractivity (Wildman–Crippen MR) is 77.0 cm³/mol. The summed E-state index contributed by atoms with van der Waals surface area (Å²) >= 11 is 0. The van der Waals surface area contributed by atoms with Crippen LogP contribution in [0, 0.1) is 27.4 Å². The van der Waals surface area contributed by atoms with Gasteiger partial charge in [0.05, 0.1) is 4.92 Å².